The Bertz CT molecular complexity index is 2240. The van der Waals surface area contributed by atoms with E-state index in [1.165, 1.54) is 148 Å². The highest BCUT2D eigenvalue weighted by molar-refractivity contribution is 5.70. The number of rotatable bonds is 73. The molecule has 0 saturated carbocycles. The molecule has 0 heterocycles. The number of ether oxygens (including phenoxy) is 4. The van der Waals surface area contributed by atoms with E-state index in [4.69, 9.17) is 18.9 Å². The van der Waals surface area contributed by atoms with E-state index in [1.807, 2.05) is 21.1 Å². The van der Waals surface area contributed by atoms with Crippen LogP contribution in [0, 0.1) is 0 Å². The first-order valence-electron chi connectivity index (χ1n) is 40.3. The number of carbonyl (C=O) groups excluding carboxylic acids is 3. The summed E-state index contributed by atoms with van der Waals surface area (Å²) in [7, 11) is 5.92. The zero-order valence-corrected chi connectivity index (χ0v) is 64.3. The molecule has 0 aromatic carbocycles. The van der Waals surface area contributed by atoms with E-state index in [2.05, 4.69) is 184 Å². The number of unbranched alkanes of at least 4 members (excludes halogenated alkanes) is 30. The minimum atomic E-state index is -1.64. The Hall–Kier alpha value is -5.35. The van der Waals surface area contributed by atoms with E-state index in [-0.39, 0.29) is 38.6 Å². The molecule has 99 heavy (non-hydrogen) atoms. The van der Waals surface area contributed by atoms with Gasteiger partial charge in [-0.2, -0.15) is 0 Å². The summed E-state index contributed by atoms with van der Waals surface area (Å²) in [5.41, 5.74) is 0. The van der Waals surface area contributed by atoms with E-state index >= 15 is 0 Å². The van der Waals surface area contributed by atoms with Gasteiger partial charge in [0.05, 0.1) is 40.3 Å². The van der Waals surface area contributed by atoms with Crippen LogP contribution < -0.4 is 5.11 Å². The van der Waals surface area contributed by atoms with Crippen molar-refractivity contribution >= 4 is 17.9 Å². The van der Waals surface area contributed by atoms with Crippen molar-refractivity contribution in [3.05, 3.63) is 170 Å². The van der Waals surface area contributed by atoms with Crippen LogP contribution in [0.4, 0.5) is 0 Å². The van der Waals surface area contributed by atoms with Gasteiger partial charge in [-0.25, -0.2) is 0 Å². The third-order valence-electron chi connectivity index (χ3n) is 17.0. The van der Waals surface area contributed by atoms with Crippen molar-refractivity contribution in [1.82, 2.24) is 0 Å². The largest absolute Gasteiger partial charge is 0.545 e. The van der Waals surface area contributed by atoms with Crippen LogP contribution in [0.15, 0.2) is 170 Å². The van der Waals surface area contributed by atoms with Crippen molar-refractivity contribution in [2.24, 2.45) is 0 Å². The van der Waals surface area contributed by atoms with E-state index in [0.29, 0.717) is 17.4 Å². The Morgan fingerprint density at radius 2 is 0.545 bits per heavy atom. The number of hydrogen-bond donors (Lipinski definition) is 0. The molecule has 2 atom stereocenters. The maximum atomic E-state index is 13.0. The van der Waals surface area contributed by atoms with Gasteiger partial charge in [0.2, 0.25) is 0 Å². The first-order valence-corrected chi connectivity index (χ1v) is 40.3. The maximum absolute atomic E-state index is 13.0. The summed E-state index contributed by atoms with van der Waals surface area (Å²) in [5.74, 6) is -2.31. The van der Waals surface area contributed by atoms with E-state index in [1.54, 1.807) is 0 Å². The van der Waals surface area contributed by atoms with Gasteiger partial charge in [0.1, 0.15) is 13.2 Å². The summed E-state index contributed by atoms with van der Waals surface area (Å²) in [5, 5.41) is 11.9. The zero-order chi connectivity index (χ0) is 71.8. The number of aliphatic carboxylic acids is 1. The predicted octanol–water partition coefficient (Wildman–Crippen LogP) is 24.8. The summed E-state index contributed by atoms with van der Waals surface area (Å²) in [6, 6.07) is 0. The second kappa shape index (κ2) is 78.4. The molecule has 0 aliphatic rings. The number of esters is 2. The number of likely N-dealkylation sites (N-methyl/N-ethyl adjacent to an activating group) is 1. The topological polar surface area (TPSA) is 111 Å². The Kier molecular flexibility index (Phi) is 74.1. The van der Waals surface area contributed by atoms with Crippen molar-refractivity contribution in [1.29, 1.82) is 0 Å². The van der Waals surface area contributed by atoms with E-state index in [0.717, 1.165) is 141 Å². The highest BCUT2D eigenvalue weighted by Crippen LogP contribution is 2.18. The molecule has 0 rings (SSSR count). The lowest BCUT2D eigenvalue weighted by Crippen LogP contribution is -2.44. The fourth-order valence-corrected chi connectivity index (χ4v) is 10.9. The second-order valence-electron chi connectivity index (χ2n) is 27.6. The number of quaternary nitrogens is 1. The number of carbonyl (C=O) groups is 3. The van der Waals surface area contributed by atoms with Crippen molar-refractivity contribution in [3.63, 3.8) is 0 Å². The van der Waals surface area contributed by atoms with E-state index in [9.17, 15) is 19.5 Å². The molecule has 0 bridgehead atoms. The van der Waals surface area contributed by atoms with Gasteiger partial charge >= 0.3 is 11.9 Å². The molecule has 0 radical (unpaired) electrons. The molecule has 0 fully saturated rings. The van der Waals surface area contributed by atoms with Crippen LogP contribution in [-0.2, 0) is 33.3 Å². The molecule has 562 valence electrons. The summed E-state index contributed by atoms with van der Waals surface area (Å²) < 4.78 is 22.8. The molecular weight excluding hydrogens is 1220 g/mol. The Morgan fingerprint density at radius 3 is 0.808 bits per heavy atom. The Morgan fingerprint density at radius 1 is 0.303 bits per heavy atom. The summed E-state index contributed by atoms with van der Waals surface area (Å²) >= 11 is 0. The van der Waals surface area contributed by atoms with Gasteiger partial charge in [0.25, 0.3) is 0 Å². The maximum Gasteiger partial charge on any atom is 0.306 e. The first kappa shape index (κ1) is 93.6. The molecule has 0 amide bonds. The molecule has 0 saturated heterocycles. The van der Waals surface area contributed by atoms with Gasteiger partial charge in [0.15, 0.2) is 12.4 Å². The molecule has 2 unspecified atom stereocenters. The molecule has 9 heteroatoms. The van der Waals surface area contributed by atoms with Crippen molar-refractivity contribution in [2.45, 2.75) is 334 Å². The number of carboxylic acid groups (broad SMARTS) is 1. The lowest BCUT2D eigenvalue weighted by Gasteiger charge is -2.26. The highest BCUT2D eigenvalue weighted by Gasteiger charge is 2.22. The van der Waals surface area contributed by atoms with Crippen LogP contribution in [0.5, 0.6) is 0 Å². The zero-order valence-electron chi connectivity index (χ0n) is 64.3. The van der Waals surface area contributed by atoms with Crippen LogP contribution >= 0.6 is 0 Å². The predicted molar refractivity (Wildman–Crippen MR) is 425 cm³/mol. The van der Waals surface area contributed by atoms with E-state index < -0.39 is 24.3 Å². The van der Waals surface area contributed by atoms with Crippen LogP contribution in [-0.4, -0.2) is 82.3 Å². The van der Waals surface area contributed by atoms with Gasteiger partial charge < -0.3 is 33.3 Å². The molecule has 0 aliphatic carbocycles. The summed E-state index contributed by atoms with van der Waals surface area (Å²) in [4.78, 5) is 37.6. The van der Waals surface area contributed by atoms with Crippen LogP contribution in [0.1, 0.15) is 322 Å². The molecule has 9 nitrogen and oxygen atoms in total. The normalized spacial score (nSPS) is 13.6. The smallest absolute Gasteiger partial charge is 0.306 e. The van der Waals surface area contributed by atoms with Crippen molar-refractivity contribution in [2.75, 3.05) is 47.5 Å². The third kappa shape index (κ3) is 79.8. The van der Waals surface area contributed by atoms with Gasteiger partial charge in [-0.1, -0.05) is 351 Å². The standard InChI is InChI=1S/C90H149NO8/c1-6-8-10-12-14-16-18-20-22-24-26-28-30-32-34-36-38-40-41-42-43-44-45-46-47-49-50-52-54-56-58-60-62-64-66-68-70-72-74-76-78-80-87(92)97-84-86(85-98-90(89(94)95)96-83-82-91(3,4)5)99-88(93)81-79-77-75-73-71-69-67-65-63-61-59-57-55-53-51-48-39-37-35-33-31-29-27-25-23-21-19-17-15-13-11-9-7-2/h8-11,14-17,20-23,26-29,32-35,39,48,53,55,59,61,65,67,86,90H,6-7,12-13,18-19,24-25,30-31,36-38,40-47,49-52,54,56-58,60,62-64,66,68-85H2,1-5H3/b10-8-,11-9-,16-14-,17-15-,22-20-,23-21-,28-26-,29-27-,34-32-,35-33-,48-39-,55-53-,61-59-,67-65-. The fraction of sp³-hybridized carbons (Fsp3) is 0.656. The first-order chi connectivity index (χ1) is 48.6. The lowest BCUT2D eigenvalue weighted by molar-refractivity contribution is -0.870. The van der Waals surface area contributed by atoms with Crippen molar-refractivity contribution in [3.8, 4) is 0 Å². The Balaban J connectivity index is 4.06. The average Bonchev–Trinajstić information content (AvgIpc) is 1.57. The van der Waals surface area contributed by atoms with Crippen LogP contribution in [0.2, 0.25) is 0 Å². The molecule has 0 aliphatic heterocycles. The third-order valence-corrected chi connectivity index (χ3v) is 17.0. The van der Waals surface area contributed by atoms with Gasteiger partial charge in [-0.15, -0.1) is 0 Å². The molecule has 0 aromatic heterocycles. The average molecular weight is 1370 g/mol. The molecular formula is C90H149NO8. The van der Waals surface area contributed by atoms with Crippen molar-refractivity contribution < 1.29 is 42.9 Å². The quantitative estimate of drug-likeness (QED) is 0.0195. The fourth-order valence-electron chi connectivity index (χ4n) is 10.9. The summed E-state index contributed by atoms with van der Waals surface area (Å²) in [6.45, 7) is 4.51. The van der Waals surface area contributed by atoms with Crippen LogP contribution in [0.3, 0.4) is 0 Å². The van der Waals surface area contributed by atoms with Gasteiger partial charge in [0, 0.05) is 12.8 Å². The monoisotopic (exact) mass is 1370 g/mol. The number of allylic oxidation sites excluding steroid dienone is 28. The second-order valence-corrected chi connectivity index (χ2v) is 27.6. The molecule has 0 spiro atoms. The lowest BCUT2D eigenvalue weighted by atomic mass is 10.0. The molecule has 0 aromatic rings. The van der Waals surface area contributed by atoms with Crippen LogP contribution in [0.25, 0.3) is 0 Å². The highest BCUT2D eigenvalue weighted by atomic mass is 16.7. The summed E-state index contributed by atoms with van der Waals surface area (Å²) in [6.07, 6.45) is 115. The number of carboxylic acids is 1. The van der Waals surface area contributed by atoms with Gasteiger partial charge in [-0.3, -0.25) is 9.59 Å². The Labute approximate surface area is 609 Å². The minimum absolute atomic E-state index is 0.137. The SMILES string of the molecule is CC/C=C\C/C=C\C/C=C\C/C=C\C/C=C\C/C=C\C/C=C\C/C=C\C/C=C\CCCCCCCC(=O)OC(COC(=O)CCCCCCCCCCCCCCCCCCCCCCCCCCC/C=C\C/C=C\C/C=C\C/C=C\C/C=C\CC)COC(OCC[N+](C)(C)C)C(=O)[O-]. The molecule has 0 N–H and O–H groups in total. The number of nitrogens with zero attached hydrogens (tertiary/aromatic N) is 1. The number of hydrogen-bond acceptors (Lipinski definition) is 8. The minimum Gasteiger partial charge on any atom is -0.545 e. The van der Waals surface area contributed by atoms with Gasteiger partial charge in [-0.05, 0) is 128 Å².